The van der Waals surface area contributed by atoms with Gasteiger partial charge in [-0.2, -0.15) is 0 Å². The third-order valence-electron chi connectivity index (χ3n) is 3.84. The summed E-state index contributed by atoms with van der Waals surface area (Å²) in [6.07, 6.45) is 2.02. The van der Waals surface area contributed by atoms with E-state index in [4.69, 9.17) is 4.65 Å². The SMILES string of the molecule is [B]1OC(c2ccccc2)(c2ccccc2)c2cccn21. The van der Waals surface area contributed by atoms with E-state index in [1.54, 1.807) is 7.62 Å². The van der Waals surface area contributed by atoms with Gasteiger partial charge in [0.2, 0.25) is 0 Å². The summed E-state index contributed by atoms with van der Waals surface area (Å²) in [5.74, 6) is 0. The van der Waals surface area contributed by atoms with Crippen LogP contribution in [0.25, 0.3) is 0 Å². The Balaban J connectivity index is 2.01. The smallest absolute Gasteiger partial charge is 0.400 e. The maximum atomic E-state index is 6.16. The number of fused-ring (bicyclic) bond motifs is 1. The minimum Gasteiger partial charge on any atom is -0.400 e. The van der Waals surface area contributed by atoms with Crippen LogP contribution in [0.15, 0.2) is 79.0 Å². The van der Waals surface area contributed by atoms with Crippen molar-refractivity contribution in [3.8, 4) is 0 Å². The molecule has 1 aliphatic heterocycles. The van der Waals surface area contributed by atoms with Crippen molar-refractivity contribution in [2.75, 3.05) is 0 Å². The fraction of sp³-hybridized carbons (Fsp3) is 0.0588. The van der Waals surface area contributed by atoms with E-state index >= 15 is 0 Å². The maximum Gasteiger partial charge on any atom is 0.444 e. The molecule has 0 fully saturated rings. The van der Waals surface area contributed by atoms with Crippen molar-refractivity contribution in [3.63, 3.8) is 0 Å². The second-order valence-electron chi connectivity index (χ2n) is 4.94. The molecule has 20 heavy (non-hydrogen) atoms. The van der Waals surface area contributed by atoms with Gasteiger partial charge in [0.25, 0.3) is 0 Å². The van der Waals surface area contributed by atoms with Gasteiger partial charge in [0.1, 0.15) is 5.60 Å². The quantitative estimate of drug-likeness (QED) is 0.644. The molecule has 0 unspecified atom stereocenters. The van der Waals surface area contributed by atoms with Crippen molar-refractivity contribution in [3.05, 3.63) is 95.8 Å². The maximum absolute atomic E-state index is 6.16. The van der Waals surface area contributed by atoms with Gasteiger partial charge in [0, 0.05) is 5.69 Å². The molecule has 1 radical (unpaired) electrons. The monoisotopic (exact) mass is 258 g/mol. The molecule has 95 valence electrons. The van der Waals surface area contributed by atoms with Gasteiger partial charge in [-0.3, -0.25) is 0 Å². The van der Waals surface area contributed by atoms with Crippen LogP contribution < -0.4 is 0 Å². The molecule has 0 spiro atoms. The van der Waals surface area contributed by atoms with Crippen molar-refractivity contribution in [2.45, 2.75) is 5.60 Å². The topological polar surface area (TPSA) is 14.2 Å². The lowest BCUT2D eigenvalue weighted by Gasteiger charge is -2.30. The van der Waals surface area contributed by atoms with Gasteiger partial charge in [-0.25, -0.2) is 0 Å². The molecule has 3 heteroatoms. The van der Waals surface area contributed by atoms with Crippen LogP contribution in [-0.2, 0) is 10.3 Å². The van der Waals surface area contributed by atoms with Gasteiger partial charge in [-0.15, -0.1) is 0 Å². The molecule has 0 bridgehead atoms. The highest BCUT2D eigenvalue weighted by Gasteiger charge is 2.43. The lowest BCUT2D eigenvalue weighted by molar-refractivity contribution is 0.181. The zero-order valence-corrected chi connectivity index (χ0v) is 10.9. The van der Waals surface area contributed by atoms with Gasteiger partial charge < -0.3 is 9.13 Å². The molecule has 0 aliphatic carbocycles. The van der Waals surface area contributed by atoms with Crippen LogP contribution in [0.5, 0.6) is 0 Å². The summed E-state index contributed by atoms with van der Waals surface area (Å²) in [5.41, 5.74) is 2.86. The molecule has 0 N–H and O–H groups in total. The molecule has 1 aromatic heterocycles. The Bertz CT molecular complexity index is 682. The number of benzene rings is 2. The molecule has 2 aromatic carbocycles. The summed E-state index contributed by atoms with van der Waals surface area (Å²) in [5, 5.41) is 0. The average Bonchev–Trinajstić information content (AvgIpc) is 3.11. The Hall–Kier alpha value is -2.26. The predicted molar refractivity (Wildman–Crippen MR) is 79.4 cm³/mol. The van der Waals surface area contributed by atoms with Crippen LogP contribution in [0.3, 0.4) is 0 Å². The highest BCUT2D eigenvalue weighted by Crippen LogP contribution is 2.42. The number of hydrogen-bond acceptors (Lipinski definition) is 1. The first-order chi connectivity index (χ1) is 9.91. The Morgan fingerprint density at radius 3 is 1.95 bits per heavy atom. The van der Waals surface area contributed by atoms with Crippen LogP contribution >= 0.6 is 0 Å². The Morgan fingerprint density at radius 1 is 0.750 bits per heavy atom. The van der Waals surface area contributed by atoms with Crippen molar-refractivity contribution in [1.29, 1.82) is 0 Å². The molecule has 0 saturated carbocycles. The van der Waals surface area contributed by atoms with Gasteiger partial charge in [0.15, 0.2) is 0 Å². The van der Waals surface area contributed by atoms with E-state index in [1.165, 1.54) is 0 Å². The molecule has 0 amide bonds. The average molecular weight is 258 g/mol. The summed E-state index contributed by atoms with van der Waals surface area (Å²) < 4.78 is 8.20. The summed E-state index contributed by atoms with van der Waals surface area (Å²) >= 11 is 0. The summed E-state index contributed by atoms with van der Waals surface area (Å²) in [6, 6.07) is 24.9. The number of aromatic nitrogens is 1. The molecule has 2 heterocycles. The minimum absolute atomic E-state index is 0.550. The van der Waals surface area contributed by atoms with Crippen LogP contribution in [0.2, 0.25) is 0 Å². The molecular weight excluding hydrogens is 245 g/mol. The van der Waals surface area contributed by atoms with Gasteiger partial charge in [-0.05, 0) is 29.5 Å². The first-order valence-electron chi connectivity index (χ1n) is 6.71. The number of nitrogens with zero attached hydrogens (tertiary/aromatic N) is 1. The van der Waals surface area contributed by atoms with Crippen LogP contribution in [0.4, 0.5) is 0 Å². The summed E-state index contributed by atoms with van der Waals surface area (Å²) in [6.45, 7) is 0. The van der Waals surface area contributed by atoms with E-state index in [-0.39, 0.29) is 0 Å². The van der Waals surface area contributed by atoms with Crippen LogP contribution in [0, 0.1) is 0 Å². The largest absolute Gasteiger partial charge is 0.444 e. The van der Waals surface area contributed by atoms with E-state index in [2.05, 4.69) is 60.7 Å². The zero-order chi connectivity index (χ0) is 13.4. The number of hydrogen-bond donors (Lipinski definition) is 0. The van der Waals surface area contributed by atoms with Crippen molar-refractivity contribution < 1.29 is 4.65 Å². The summed E-state index contributed by atoms with van der Waals surface area (Å²) in [4.78, 5) is 0. The van der Waals surface area contributed by atoms with E-state index in [0.29, 0.717) is 0 Å². The minimum atomic E-state index is -0.550. The molecule has 4 rings (SSSR count). The molecule has 0 saturated heterocycles. The third-order valence-corrected chi connectivity index (χ3v) is 3.84. The fourth-order valence-corrected chi connectivity index (χ4v) is 2.92. The Kier molecular flexibility index (Phi) is 2.54. The standard InChI is InChI=1S/C17H13BNO/c1-3-8-14(9-4-1)17(15-10-5-2-6-11-15)16-12-7-13-19(16)18-20-17/h1-13H. The van der Waals surface area contributed by atoms with Gasteiger partial charge in [0.05, 0.1) is 0 Å². The molecule has 0 atom stereocenters. The second kappa shape index (κ2) is 4.39. The lowest BCUT2D eigenvalue weighted by Crippen LogP contribution is -2.28. The van der Waals surface area contributed by atoms with Crippen LogP contribution in [0.1, 0.15) is 16.8 Å². The Labute approximate surface area is 118 Å². The first-order valence-corrected chi connectivity index (χ1v) is 6.71. The third kappa shape index (κ3) is 1.50. The Morgan fingerprint density at radius 2 is 1.35 bits per heavy atom. The normalized spacial score (nSPS) is 15.6. The predicted octanol–water partition coefficient (Wildman–Crippen LogP) is 3.19. The van der Waals surface area contributed by atoms with E-state index in [9.17, 15) is 0 Å². The molecular formula is C17H13BNO. The number of rotatable bonds is 2. The highest BCUT2D eigenvalue weighted by molar-refractivity contribution is 6.27. The lowest BCUT2D eigenvalue weighted by atomic mass is 9.83. The van der Waals surface area contributed by atoms with E-state index < -0.39 is 5.60 Å². The van der Waals surface area contributed by atoms with Crippen molar-refractivity contribution >= 4 is 7.62 Å². The zero-order valence-electron chi connectivity index (χ0n) is 10.9. The van der Waals surface area contributed by atoms with E-state index in [1.807, 2.05) is 22.8 Å². The summed E-state index contributed by atoms with van der Waals surface area (Å²) in [7, 11) is 1.79. The fourth-order valence-electron chi connectivity index (χ4n) is 2.92. The molecule has 1 aliphatic rings. The second-order valence-corrected chi connectivity index (χ2v) is 4.94. The highest BCUT2D eigenvalue weighted by atomic mass is 16.5. The van der Waals surface area contributed by atoms with Gasteiger partial charge in [-0.1, -0.05) is 60.7 Å². The molecule has 3 aromatic rings. The van der Waals surface area contributed by atoms with Gasteiger partial charge >= 0.3 is 7.62 Å². The molecule has 2 nitrogen and oxygen atoms in total. The van der Waals surface area contributed by atoms with Crippen molar-refractivity contribution in [2.24, 2.45) is 0 Å². The van der Waals surface area contributed by atoms with Crippen molar-refractivity contribution in [1.82, 2.24) is 4.48 Å². The van der Waals surface area contributed by atoms with E-state index in [0.717, 1.165) is 16.8 Å². The van der Waals surface area contributed by atoms with Crippen LogP contribution in [-0.4, -0.2) is 12.1 Å². The first kappa shape index (κ1) is 11.6.